The molecule has 0 spiro atoms. The van der Waals surface area contributed by atoms with E-state index in [1.165, 1.54) is 34.1 Å². The Balaban J connectivity index is 1.40. The van der Waals surface area contributed by atoms with Crippen LogP contribution in [-0.4, -0.2) is 48.8 Å². The van der Waals surface area contributed by atoms with Gasteiger partial charge in [0.1, 0.15) is 17.0 Å². The minimum absolute atomic E-state index is 0.270. The molecule has 8 heteroatoms. The lowest BCUT2D eigenvalue weighted by molar-refractivity contribution is 0.179. The Labute approximate surface area is 176 Å². The minimum atomic E-state index is -3.83. The number of oxazole rings is 1. The summed E-state index contributed by atoms with van der Waals surface area (Å²) < 4.78 is 46.4. The lowest BCUT2D eigenvalue weighted by atomic mass is 10.1. The summed E-state index contributed by atoms with van der Waals surface area (Å²) in [4.78, 5) is 6.45. The molecule has 2 heterocycles. The molecule has 3 aromatic rings. The van der Waals surface area contributed by atoms with Crippen molar-refractivity contribution in [2.24, 2.45) is 0 Å². The fourth-order valence-corrected chi connectivity index (χ4v) is 5.19. The number of halogens is 1. The van der Waals surface area contributed by atoms with Crippen LogP contribution in [-0.2, 0) is 16.6 Å². The molecule has 6 nitrogen and oxygen atoms in total. The number of benzene rings is 2. The van der Waals surface area contributed by atoms with Gasteiger partial charge in [-0.3, -0.25) is 4.90 Å². The minimum Gasteiger partial charge on any atom is -0.444 e. The highest BCUT2D eigenvalue weighted by molar-refractivity contribution is 7.89. The van der Waals surface area contributed by atoms with Crippen LogP contribution >= 0.6 is 0 Å². The van der Waals surface area contributed by atoms with Crippen LogP contribution in [0.5, 0.6) is 0 Å². The van der Waals surface area contributed by atoms with E-state index < -0.39 is 15.8 Å². The van der Waals surface area contributed by atoms with Crippen molar-refractivity contribution in [2.45, 2.75) is 25.3 Å². The molecule has 0 N–H and O–H groups in total. The van der Waals surface area contributed by atoms with E-state index in [0.717, 1.165) is 16.8 Å². The van der Waals surface area contributed by atoms with Gasteiger partial charge in [-0.2, -0.15) is 4.31 Å². The molecule has 2 aromatic carbocycles. The first-order valence-corrected chi connectivity index (χ1v) is 11.3. The number of nitrogens with zero attached hydrogens (tertiary/aromatic N) is 3. The molecule has 0 unspecified atom stereocenters. The topological polar surface area (TPSA) is 66.7 Å². The molecule has 1 aliphatic heterocycles. The predicted octanol–water partition coefficient (Wildman–Crippen LogP) is 3.60. The average molecular weight is 430 g/mol. The molecule has 30 heavy (non-hydrogen) atoms. The number of aryl methyl sites for hydroxylation is 2. The van der Waals surface area contributed by atoms with Gasteiger partial charge in [0.25, 0.3) is 0 Å². The molecule has 0 atom stereocenters. The van der Waals surface area contributed by atoms with Gasteiger partial charge < -0.3 is 4.42 Å². The van der Waals surface area contributed by atoms with Gasteiger partial charge in [0.2, 0.25) is 15.9 Å². The quantitative estimate of drug-likeness (QED) is 0.620. The van der Waals surface area contributed by atoms with Crippen LogP contribution < -0.4 is 0 Å². The first kappa shape index (κ1) is 20.7. The first-order valence-electron chi connectivity index (χ1n) is 9.83. The Morgan fingerprint density at radius 1 is 1.07 bits per heavy atom. The number of hydrogen-bond donors (Lipinski definition) is 0. The van der Waals surface area contributed by atoms with Gasteiger partial charge >= 0.3 is 0 Å². The van der Waals surface area contributed by atoms with Gasteiger partial charge in [0.05, 0.1) is 5.69 Å². The highest BCUT2D eigenvalue weighted by Crippen LogP contribution is 2.25. The maximum atomic E-state index is 14.0. The van der Waals surface area contributed by atoms with Crippen molar-refractivity contribution >= 4 is 10.0 Å². The van der Waals surface area contributed by atoms with Gasteiger partial charge in [0, 0.05) is 38.3 Å². The highest BCUT2D eigenvalue weighted by Gasteiger charge is 2.30. The zero-order chi connectivity index (χ0) is 21.3. The van der Waals surface area contributed by atoms with Crippen LogP contribution in [0.2, 0.25) is 0 Å². The Morgan fingerprint density at radius 2 is 1.80 bits per heavy atom. The summed E-state index contributed by atoms with van der Waals surface area (Å²) in [6.07, 6.45) is 1.65. The Morgan fingerprint density at radius 3 is 2.50 bits per heavy atom. The summed E-state index contributed by atoms with van der Waals surface area (Å²) in [5.41, 5.74) is 4.06. The summed E-state index contributed by atoms with van der Waals surface area (Å²) in [6.45, 7) is 6.34. The molecule has 0 aliphatic carbocycles. The van der Waals surface area contributed by atoms with Crippen molar-refractivity contribution in [1.29, 1.82) is 0 Å². The van der Waals surface area contributed by atoms with Crippen molar-refractivity contribution in [3.8, 4) is 11.5 Å². The number of aromatic nitrogens is 1. The summed E-state index contributed by atoms with van der Waals surface area (Å²) >= 11 is 0. The lowest BCUT2D eigenvalue weighted by Crippen LogP contribution is -2.48. The normalized spacial score (nSPS) is 16.1. The van der Waals surface area contributed by atoms with E-state index in [4.69, 9.17) is 4.42 Å². The van der Waals surface area contributed by atoms with E-state index in [1.807, 2.05) is 26.0 Å². The lowest BCUT2D eigenvalue weighted by Gasteiger charge is -2.33. The monoisotopic (exact) mass is 429 g/mol. The molecule has 0 saturated carbocycles. The SMILES string of the molecule is Cc1ccc(-c2nc(CN3CCN(S(=O)(=O)c4ccccc4F)CC3)co2)c(C)c1. The fourth-order valence-electron chi connectivity index (χ4n) is 3.71. The van der Waals surface area contributed by atoms with Crippen LogP contribution in [0.4, 0.5) is 4.39 Å². The van der Waals surface area contributed by atoms with Crippen LogP contribution in [0.25, 0.3) is 11.5 Å². The van der Waals surface area contributed by atoms with Crippen molar-refractivity contribution in [2.75, 3.05) is 26.2 Å². The predicted molar refractivity (Wildman–Crippen MR) is 112 cm³/mol. The molecular weight excluding hydrogens is 405 g/mol. The third kappa shape index (κ3) is 4.16. The number of rotatable bonds is 5. The Bertz CT molecular complexity index is 1150. The molecule has 4 rings (SSSR count). The third-order valence-electron chi connectivity index (χ3n) is 5.34. The molecule has 158 valence electrons. The summed E-state index contributed by atoms with van der Waals surface area (Å²) in [6, 6.07) is 11.6. The molecule has 1 fully saturated rings. The second-order valence-corrected chi connectivity index (χ2v) is 9.48. The Kier molecular flexibility index (Phi) is 5.73. The number of hydrogen-bond acceptors (Lipinski definition) is 5. The van der Waals surface area contributed by atoms with E-state index in [9.17, 15) is 12.8 Å². The van der Waals surface area contributed by atoms with Crippen LogP contribution in [0, 0.1) is 19.7 Å². The second-order valence-electron chi connectivity index (χ2n) is 7.57. The van der Waals surface area contributed by atoms with Crippen molar-refractivity contribution < 1.29 is 17.2 Å². The van der Waals surface area contributed by atoms with Crippen LogP contribution in [0.1, 0.15) is 16.8 Å². The molecule has 0 bridgehead atoms. The second kappa shape index (κ2) is 8.29. The van der Waals surface area contributed by atoms with Gasteiger partial charge in [-0.25, -0.2) is 17.8 Å². The summed E-state index contributed by atoms with van der Waals surface area (Å²) in [5.74, 6) is -0.135. The zero-order valence-electron chi connectivity index (χ0n) is 17.0. The van der Waals surface area contributed by atoms with E-state index >= 15 is 0 Å². The third-order valence-corrected chi connectivity index (χ3v) is 7.27. The summed E-state index contributed by atoms with van der Waals surface area (Å²) in [5, 5.41) is 0. The van der Waals surface area contributed by atoms with Gasteiger partial charge in [0.15, 0.2) is 0 Å². The largest absolute Gasteiger partial charge is 0.444 e. The molecule has 0 amide bonds. The molecule has 1 saturated heterocycles. The van der Waals surface area contributed by atoms with Crippen LogP contribution in [0.15, 0.2) is 58.0 Å². The van der Waals surface area contributed by atoms with Gasteiger partial charge in [-0.15, -0.1) is 0 Å². The van der Waals surface area contributed by atoms with Gasteiger partial charge in [-0.05, 0) is 37.6 Å². The first-order chi connectivity index (χ1) is 14.3. The van der Waals surface area contributed by atoms with Crippen molar-refractivity contribution in [3.63, 3.8) is 0 Å². The fraction of sp³-hybridized carbons (Fsp3) is 0.318. The van der Waals surface area contributed by atoms with E-state index in [-0.39, 0.29) is 4.90 Å². The van der Waals surface area contributed by atoms with Gasteiger partial charge in [-0.1, -0.05) is 29.8 Å². The Hall–Kier alpha value is -2.55. The average Bonchev–Trinajstić information content (AvgIpc) is 3.16. The molecule has 1 aromatic heterocycles. The molecule has 0 radical (unpaired) electrons. The summed E-state index contributed by atoms with van der Waals surface area (Å²) in [7, 11) is -3.83. The van der Waals surface area contributed by atoms with E-state index in [1.54, 1.807) is 6.26 Å². The highest BCUT2D eigenvalue weighted by atomic mass is 32.2. The van der Waals surface area contributed by atoms with Crippen molar-refractivity contribution in [3.05, 3.63) is 71.4 Å². The number of piperazine rings is 1. The molecule has 1 aliphatic rings. The van der Waals surface area contributed by atoms with Crippen molar-refractivity contribution in [1.82, 2.24) is 14.2 Å². The van der Waals surface area contributed by atoms with E-state index in [0.29, 0.717) is 38.6 Å². The smallest absolute Gasteiger partial charge is 0.246 e. The van der Waals surface area contributed by atoms with E-state index in [2.05, 4.69) is 16.0 Å². The maximum Gasteiger partial charge on any atom is 0.246 e. The van der Waals surface area contributed by atoms with Crippen LogP contribution in [0.3, 0.4) is 0 Å². The standard InChI is InChI=1S/C22H24FN3O3S/c1-16-7-8-19(17(2)13-16)22-24-18(15-29-22)14-25-9-11-26(12-10-25)30(27,28)21-6-4-3-5-20(21)23/h3-8,13,15H,9-12,14H2,1-2H3. The maximum absolute atomic E-state index is 14.0. The molecular formula is C22H24FN3O3S. The zero-order valence-corrected chi connectivity index (χ0v) is 17.8. The number of sulfonamides is 1.